The molecule has 2 heteroatoms. The van der Waals surface area contributed by atoms with Crippen LogP contribution in [0.4, 0.5) is 0 Å². The van der Waals surface area contributed by atoms with E-state index in [1.807, 2.05) is 0 Å². The van der Waals surface area contributed by atoms with Gasteiger partial charge in [0.15, 0.2) is 0 Å². The minimum absolute atomic E-state index is 0.465. The van der Waals surface area contributed by atoms with Crippen molar-refractivity contribution in [3.05, 3.63) is 0 Å². The zero-order chi connectivity index (χ0) is 9.73. The van der Waals surface area contributed by atoms with Gasteiger partial charge in [-0.2, -0.15) is 0 Å². The average molecular weight is 185 g/mol. The molecule has 0 radical (unpaired) electrons. The van der Waals surface area contributed by atoms with E-state index in [0.717, 1.165) is 19.8 Å². The van der Waals surface area contributed by atoms with Crippen LogP contribution in [0.2, 0.25) is 0 Å². The minimum Gasteiger partial charge on any atom is -0.380 e. The topological polar surface area (TPSA) is 12.5 Å². The van der Waals surface area contributed by atoms with E-state index in [9.17, 15) is 0 Å². The van der Waals surface area contributed by atoms with Gasteiger partial charge in [0, 0.05) is 19.7 Å². The Balaban J connectivity index is 2.19. The van der Waals surface area contributed by atoms with Gasteiger partial charge in [-0.1, -0.05) is 20.8 Å². The van der Waals surface area contributed by atoms with Crippen molar-refractivity contribution in [2.75, 3.05) is 32.8 Å². The summed E-state index contributed by atoms with van der Waals surface area (Å²) in [5, 5.41) is 0. The first-order valence-electron chi connectivity index (χ1n) is 5.38. The molecule has 0 spiro atoms. The van der Waals surface area contributed by atoms with Crippen molar-refractivity contribution in [2.24, 2.45) is 5.41 Å². The zero-order valence-electron chi connectivity index (χ0n) is 9.31. The summed E-state index contributed by atoms with van der Waals surface area (Å²) in [4.78, 5) is 2.53. The van der Waals surface area contributed by atoms with Gasteiger partial charge < -0.3 is 9.64 Å². The Labute approximate surface area is 82.3 Å². The lowest BCUT2D eigenvalue weighted by molar-refractivity contribution is 0.139. The van der Waals surface area contributed by atoms with Crippen molar-refractivity contribution in [1.29, 1.82) is 0 Å². The van der Waals surface area contributed by atoms with E-state index in [-0.39, 0.29) is 0 Å². The van der Waals surface area contributed by atoms with E-state index in [1.165, 1.54) is 25.9 Å². The Hall–Kier alpha value is -0.0800. The fraction of sp³-hybridized carbons (Fsp3) is 1.00. The maximum absolute atomic E-state index is 5.41. The standard InChI is InChI=1S/C11H23NO/c1-11(2,3)5-7-12-6-4-9-13-10-8-12/h4-10H2,1-3H3. The fourth-order valence-corrected chi connectivity index (χ4v) is 1.51. The molecule has 0 aromatic carbocycles. The van der Waals surface area contributed by atoms with Gasteiger partial charge in [-0.15, -0.1) is 0 Å². The molecule has 2 nitrogen and oxygen atoms in total. The molecule has 0 aliphatic carbocycles. The molecule has 1 aliphatic heterocycles. The second-order valence-corrected chi connectivity index (χ2v) is 5.12. The van der Waals surface area contributed by atoms with Gasteiger partial charge in [0.05, 0.1) is 6.61 Å². The van der Waals surface area contributed by atoms with Crippen LogP contribution in [0.5, 0.6) is 0 Å². The monoisotopic (exact) mass is 185 g/mol. The summed E-state index contributed by atoms with van der Waals surface area (Å²) in [5.74, 6) is 0. The van der Waals surface area contributed by atoms with Crippen molar-refractivity contribution >= 4 is 0 Å². The Morgan fingerprint density at radius 3 is 2.62 bits per heavy atom. The van der Waals surface area contributed by atoms with Crippen LogP contribution in [0, 0.1) is 5.41 Å². The highest BCUT2D eigenvalue weighted by Gasteiger charge is 2.14. The second kappa shape index (κ2) is 4.97. The first kappa shape index (κ1) is 11.0. The van der Waals surface area contributed by atoms with E-state index >= 15 is 0 Å². The van der Waals surface area contributed by atoms with E-state index < -0.39 is 0 Å². The maximum atomic E-state index is 5.41. The molecule has 0 aromatic heterocycles. The number of rotatable bonds is 2. The highest BCUT2D eigenvalue weighted by molar-refractivity contribution is 4.67. The molecule has 0 saturated carbocycles. The lowest BCUT2D eigenvalue weighted by Crippen LogP contribution is -2.29. The molecule has 0 atom stereocenters. The maximum Gasteiger partial charge on any atom is 0.0593 e. The average Bonchev–Trinajstić information content (AvgIpc) is 2.26. The Morgan fingerprint density at radius 1 is 1.15 bits per heavy atom. The fourth-order valence-electron chi connectivity index (χ4n) is 1.51. The molecular formula is C11H23NO. The van der Waals surface area contributed by atoms with Crippen LogP contribution in [-0.2, 0) is 4.74 Å². The SMILES string of the molecule is CC(C)(C)CCN1CCCOCC1. The van der Waals surface area contributed by atoms with Crippen LogP contribution in [0.3, 0.4) is 0 Å². The molecule has 13 heavy (non-hydrogen) atoms. The highest BCUT2D eigenvalue weighted by atomic mass is 16.5. The van der Waals surface area contributed by atoms with Crippen LogP contribution >= 0.6 is 0 Å². The normalized spacial score (nSPS) is 21.5. The van der Waals surface area contributed by atoms with Gasteiger partial charge in [0.1, 0.15) is 0 Å². The molecule has 1 fully saturated rings. The molecular weight excluding hydrogens is 162 g/mol. The lowest BCUT2D eigenvalue weighted by atomic mass is 9.92. The lowest BCUT2D eigenvalue weighted by Gasteiger charge is -2.24. The van der Waals surface area contributed by atoms with E-state index in [2.05, 4.69) is 25.7 Å². The summed E-state index contributed by atoms with van der Waals surface area (Å²) in [6.07, 6.45) is 2.48. The zero-order valence-corrected chi connectivity index (χ0v) is 9.31. The summed E-state index contributed by atoms with van der Waals surface area (Å²) < 4.78 is 5.41. The highest BCUT2D eigenvalue weighted by Crippen LogP contribution is 2.19. The van der Waals surface area contributed by atoms with E-state index in [0.29, 0.717) is 5.41 Å². The predicted octanol–water partition coefficient (Wildman–Crippen LogP) is 2.14. The van der Waals surface area contributed by atoms with Gasteiger partial charge in [0.2, 0.25) is 0 Å². The van der Waals surface area contributed by atoms with Crippen molar-refractivity contribution in [2.45, 2.75) is 33.6 Å². The predicted molar refractivity (Wildman–Crippen MR) is 55.9 cm³/mol. The first-order chi connectivity index (χ1) is 6.08. The summed E-state index contributed by atoms with van der Waals surface area (Å²) >= 11 is 0. The van der Waals surface area contributed by atoms with Gasteiger partial charge in [-0.3, -0.25) is 0 Å². The van der Waals surface area contributed by atoms with E-state index in [4.69, 9.17) is 4.74 Å². The molecule has 0 bridgehead atoms. The molecule has 1 saturated heterocycles. The van der Waals surface area contributed by atoms with Crippen LogP contribution in [0.25, 0.3) is 0 Å². The summed E-state index contributed by atoms with van der Waals surface area (Å²) in [6.45, 7) is 12.4. The third-order valence-electron chi connectivity index (χ3n) is 2.49. The third-order valence-corrected chi connectivity index (χ3v) is 2.49. The van der Waals surface area contributed by atoms with Crippen LogP contribution in [0.1, 0.15) is 33.6 Å². The molecule has 1 aliphatic rings. The molecule has 0 amide bonds. The molecule has 0 aromatic rings. The minimum atomic E-state index is 0.465. The molecule has 78 valence electrons. The van der Waals surface area contributed by atoms with E-state index in [1.54, 1.807) is 0 Å². The van der Waals surface area contributed by atoms with Crippen LogP contribution < -0.4 is 0 Å². The van der Waals surface area contributed by atoms with Crippen molar-refractivity contribution < 1.29 is 4.74 Å². The number of nitrogens with zero attached hydrogens (tertiary/aromatic N) is 1. The Bertz CT molecular complexity index is 132. The smallest absolute Gasteiger partial charge is 0.0593 e. The summed E-state index contributed by atoms with van der Waals surface area (Å²) in [7, 11) is 0. The van der Waals surface area contributed by atoms with Crippen molar-refractivity contribution in [3.8, 4) is 0 Å². The number of hydrogen-bond acceptors (Lipinski definition) is 2. The summed E-state index contributed by atoms with van der Waals surface area (Å²) in [5.41, 5.74) is 0.465. The largest absolute Gasteiger partial charge is 0.380 e. The second-order valence-electron chi connectivity index (χ2n) is 5.12. The van der Waals surface area contributed by atoms with Gasteiger partial charge in [-0.05, 0) is 24.8 Å². The van der Waals surface area contributed by atoms with Gasteiger partial charge in [0.25, 0.3) is 0 Å². The van der Waals surface area contributed by atoms with Crippen molar-refractivity contribution in [1.82, 2.24) is 4.90 Å². The molecule has 1 rings (SSSR count). The van der Waals surface area contributed by atoms with Crippen LogP contribution in [-0.4, -0.2) is 37.7 Å². The molecule has 0 N–H and O–H groups in total. The Morgan fingerprint density at radius 2 is 1.92 bits per heavy atom. The number of hydrogen-bond donors (Lipinski definition) is 0. The van der Waals surface area contributed by atoms with Crippen LogP contribution in [0.15, 0.2) is 0 Å². The van der Waals surface area contributed by atoms with Gasteiger partial charge in [-0.25, -0.2) is 0 Å². The number of ether oxygens (including phenoxy) is 1. The van der Waals surface area contributed by atoms with Gasteiger partial charge >= 0.3 is 0 Å². The molecule has 1 heterocycles. The Kier molecular flexibility index (Phi) is 4.20. The van der Waals surface area contributed by atoms with Crippen molar-refractivity contribution in [3.63, 3.8) is 0 Å². The first-order valence-corrected chi connectivity index (χ1v) is 5.38. The summed E-state index contributed by atoms with van der Waals surface area (Å²) in [6, 6.07) is 0. The third kappa shape index (κ3) is 5.27. The quantitative estimate of drug-likeness (QED) is 0.653. The molecule has 0 unspecified atom stereocenters.